The van der Waals surface area contributed by atoms with Gasteiger partial charge in [0.05, 0.1) is 5.69 Å². The number of hydrogen-bond donors (Lipinski definition) is 1. The van der Waals surface area contributed by atoms with Crippen molar-refractivity contribution in [2.24, 2.45) is 13.0 Å². The second-order valence-electron chi connectivity index (χ2n) is 8.10. The summed E-state index contributed by atoms with van der Waals surface area (Å²) >= 11 is 0. The molecule has 0 saturated carbocycles. The average Bonchev–Trinajstić information content (AvgIpc) is 3.16. The maximum Gasteiger partial charge on any atom is 0.0628 e. The molecule has 1 aromatic heterocycles. The monoisotopic (exact) mass is 354 g/mol. The molecule has 4 heteroatoms. The van der Waals surface area contributed by atoms with Gasteiger partial charge in [-0.2, -0.15) is 5.10 Å². The molecule has 1 saturated heterocycles. The lowest BCUT2D eigenvalue weighted by atomic mass is 9.98. The molecule has 2 aromatic rings. The zero-order valence-electron chi connectivity index (χ0n) is 17.0. The van der Waals surface area contributed by atoms with Crippen LogP contribution in [-0.2, 0) is 20.0 Å². The number of benzene rings is 1. The summed E-state index contributed by atoms with van der Waals surface area (Å²) in [5.41, 5.74) is 5.28. The standard InChI is InChI=1S/C22H34N4/c1-16(13-22-18(3)24-25(5)19(22)4)23-17(2)21-11-12-26(15-21)14-20-9-7-6-8-10-20/h6-10,16-17,21,23H,11-15H2,1-5H3/t16-,17-,21+/m0/s1. The Bertz CT molecular complexity index is 706. The van der Waals surface area contributed by atoms with E-state index in [0.29, 0.717) is 12.1 Å². The van der Waals surface area contributed by atoms with Crippen LogP contribution < -0.4 is 5.32 Å². The van der Waals surface area contributed by atoms with Crippen LogP contribution in [0.2, 0.25) is 0 Å². The third-order valence-electron chi connectivity index (χ3n) is 5.98. The first-order valence-electron chi connectivity index (χ1n) is 9.95. The SMILES string of the molecule is Cc1nn(C)c(C)c1C[C@H](C)N[C@@H](C)[C@@H]1CCN(Cc2ccccc2)C1. The summed E-state index contributed by atoms with van der Waals surface area (Å²) in [6, 6.07) is 11.8. The number of likely N-dealkylation sites (tertiary alicyclic amines) is 1. The van der Waals surface area contributed by atoms with Crippen molar-refractivity contribution in [3.8, 4) is 0 Å². The third-order valence-corrected chi connectivity index (χ3v) is 5.98. The molecule has 142 valence electrons. The van der Waals surface area contributed by atoms with Gasteiger partial charge >= 0.3 is 0 Å². The Morgan fingerprint density at radius 2 is 1.92 bits per heavy atom. The van der Waals surface area contributed by atoms with Crippen molar-refractivity contribution in [3.63, 3.8) is 0 Å². The smallest absolute Gasteiger partial charge is 0.0628 e. The molecule has 1 fully saturated rings. The van der Waals surface area contributed by atoms with Crippen molar-refractivity contribution >= 4 is 0 Å². The van der Waals surface area contributed by atoms with Gasteiger partial charge in [0.25, 0.3) is 0 Å². The summed E-state index contributed by atoms with van der Waals surface area (Å²) in [7, 11) is 2.03. The molecule has 0 amide bonds. The van der Waals surface area contributed by atoms with E-state index in [4.69, 9.17) is 0 Å². The van der Waals surface area contributed by atoms with Gasteiger partial charge in [-0.05, 0) is 64.1 Å². The van der Waals surface area contributed by atoms with Gasteiger partial charge in [-0.1, -0.05) is 30.3 Å². The lowest BCUT2D eigenvalue weighted by Crippen LogP contribution is -2.41. The van der Waals surface area contributed by atoms with E-state index in [1.165, 1.54) is 42.0 Å². The van der Waals surface area contributed by atoms with Crippen LogP contribution in [0.4, 0.5) is 0 Å². The van der Waals surface area contributed by atoms with Gasteiger partial charge in [-0.15, -0.1) is 0 Å². The molecule has 0 bridgehead atoms. The molecular formula is C22H34N4. The van der Waals surface area contributed by atoms with E-state index in [1.807, 2.05) is 11.7 Å². The van der Waals surface area contributed by atoms with Crippen molar-refractivity contribution in [3.05, 3.63) is 52.8 Å². The number of rotatable bonds is 7. The van der Waals surface area contributed by atoms with Gasteiger partial charge in [-0.3, -0.25) is 9.58 Å². The number of nitrogens with zero attached hydrogens (tertiary/aromatic N) is 3. The fraction of sp³-hybridized carbons (Fsp3) is 0.591. The highest BCUT2D eigenvalue weighted by Crippen LogP contribution is 2.22. The van der Waals surface area contributed by atoms with Crippen LogP contribution in [0.3, 0.4) is 0 Å². The Morgan fingerprint density at radius 1 is 1.19 bits per heavy atom. The van der Waals surface area contributed by atoms with Crippen LogP contribution in [0.5, 0.6) is 0 Å². The van der Waals surface area contributed by atoms with Crippen LogP contribution in [-0.4, -0.2) is 39.9 Å². The highest BCUT2D eigenvalue weighted by molar-refractivity contribution is 5.25. The number of aromatic nitrogens is 2. The summed E-state index contributed by atoms with van der Waals surface area (Å²) in [4.78, 5) is 2.60. The summed E-state index contributed by atoms with van der Waals surface area (Å²) in [6.45, 7) is 12.4. The zero-order valence-corrected chi connectivity index (χ0v) is 17.0. The first-order chi connectivity index (χ1) is 12.4. The predicted molar refractivity (Wildman–Crippen MR) is 108 cm³/mol. The summed E-state index contributed by atoms with van der Waals surface area (Å²) in [5, 5.41) is 8.41. The molecule has 1 aliphatic rings. The fourth-order valence-corrected chi connectivity index (χ4v) is 4.32. The molecule has 0 unspecified atom stereocenters. The van der Waals surface area contributed by atoms with Gasteiger partial charge in [0, 0.05) is 37.9 Å². The lowest BCUT2D eigenvalue weighted by molar-refractivity contribution is 0.289. The summed E-state index contributed by atoms with van der Waals surface area (Å²) in [5.74, 6) is 0.734. The van der Waals surface area contributed by atoms with Gasteiger partial charge in [-0.25, -0.2) is 0 Å². The molecule has 3 atom stereocenters. The van der Waals surface area contributed by atoms with Crippen molar-refractivity contribution in [1.29, 1.82) is 0 Å². The minimum Gasteiger partial charge on any atom is -0.311 e. The van der Waals surface area contributed by atoms with Crippen molar-refractivity contribution < 1.29 is 0 Å². The third kappa shape index (κ3) is 4.54. The number of nitrogens with one attached hydrogen (secondary N) is 1. The van der Waals surface area contributed by atoms with Gasteiger partial charge in [0.2, 0.25) is 0 Å². The first-order valence-corrected chi connectivity index (χ1v) is 9.95. The Balaban J connectivity index is 1.49. The molecule has 0 radical (unpaired) electrons. The minimum atomic E-state index is 0.467. The lowest BCUT2D eigenvalue weighted by Gasteiger charge is -2.25. The minimum absolute atomic E-state index is 0.467. The summed E-state index contributed by atoms with van der Waals surface area (Å²) in [6.07, 6.45) is 2.34. The normalized spacial score (nSPS) is 20.4. The van der Waals surface area contributed by atoms with E-state index in [-0.39, 0.29) is 0 Å². The molecule has 2 heterocycles. The van der Waals surface area contributed by atoms with Crippen molar-refractivity contribution in [2.75, 3.05) is 13.1 Å². The number of aryl methyl sites for hydroxylation is 2. The largest absolute Gasteiger partial charge is 0.311 e. The van der Waals surface area contributed by atoms with Gasteiger partial charge in [0.1, 0.15) is 0 Å². The molecule has 4 nitrogen and oxygen atoms in total. The molecule has 1 N–H and O–H groups in total. The Kier molecular flexibility index (Phi) is 6.15. The molecule has 3 rings (SSSR count). The Morgan fingerprint density at radius 3 is 2.58 bits per heavy atom. The van der Waals surface area contributed by atoms with Gasteiger partial charge < -0.3 is 5.32 Å². The average molecular weight is 355 g/mol. The molecule has 0 aliphatic carbocycles. The highest BCUT2D eigenvalue weighted by Gasteiger charge is 2.27. The van der Waals surface area contributed by atoms with Crippen LogP contribution in [0, 0.1) is 19.8 Å². The van der Waals surface area contributed by atoms with Crippen LogP contribution in [0.15, 0.2) is 30.3 Å². The molecular weight excluding hydrogens is 320 g/mol. The second kappa shape index (κ2) is 8.36. The van der Waals surface area contributed by atoms with E-state index in [9.17, 15) is 0 Å². The summed E-state index contributed by atoms with van der Waals surface area (Å²) < 4.78 is 2.00. The van der Waals surface area contributed by atoms with E-state index >= 15 is 0 Å². The Labute approximate surface area is 158 Å². The fourth-order valence-electron chi connectivity index (χ4n) is 4.32. The molecule has 26 heavy (non-hydrogen) atoms. The van der Waals surface area contributed by atoms with Crippen molar-refractivity contribution in [2.45, 2.75) is 59.2 Å². The predicted octanol–water partition coefficient (Wildman–Crippen LogP) is 3.47. The topological polar surface area (TPSA) is 33.1 Å². The first kappa shape index (κ1) is 19.1. The van der Waals surface area contributed by atoms with Crippen LogP contribution in [0.25, 0.3) is 0 Å². The molecule has 0 spiro atoms. The van der Waals surface area contributed by atoms with E-state index in [0.717, 1.165) is 18.9 Å². The quantitative estimate of drug-likeness (QED) is 0.826. The van der Waals surface area contributed by atoms with E-state index in [1.54, 1.807) is 0 Å². The zero-order chi connectivity index (χ0) is 18.7. The van der Waals surface area contributed by atoms with Gasteiger partial charge in [0.15, 0.2) is 0 Å². The Hall–Kier alpha value is -1.65. The highest BCUT2D eigenvalue weighted by atomic mass is 15.3. The second-order valence-corrected chi connectivity index (χ2v) is 8.10. The molecule has 1 aromatic carbocycles. The maximum absolute atomic E-state index is 4.55. The van der Waals surface area contributed by atoms with Crippen molar-refractivity contribution in [1.82, 2.24) is 20.0 Å². The maximum atomic E-state index is 4.55. The van der Waals surface area contributed by atoms with Crippen LogP contribution >= 0.6 is 0 Å². The van der Waals surface area contributed by atoms with E-state index < -0.39 is 0 Å². The van der Waals surface area contributed by atoms with E-state index in [2.05, 4.69) is 73.3 Å². The molecule has 1 aliphatic heterocycles. The van der Waals surface area contributed by atoms with Crippen LogP contribution in [0.1, 0.15) is 42.8 Å². The number of hydrogen-bond acceptors (Lipinski definition) is 3.